The minimum atomic E-state index is -4.03. The number of hydrogen-bond acceptors (Lipinski definition) is 4. The SMILES string of the molecule is Cc1nc2ccc(C(=O)NS(=O)(=O)c3ccc(Cl)cc3)cc2n1Cc1ccccc1Cl.[Na]. The summed E-state index contributed by atoms with van der Waals surface area (Å²) in [5, 5.41) is 1.03. The van der Waals surface area contributed by atoms with E-state index in [9.17, 15) is 13.2 Å². The second kappa shape index (κ2) is 9.95. The van der Waals surface area contributed by atoms with Crippen LogP contribution in [0.15, 0.2) is 71.6 Å². The van der Waals surface area contributed by atoms with Crippen LogP contribution in [0.4, 0.5) is 0 Å². The minimum Gasteiger partial charge on any atom is -0.324 e. The van der Waals surface area contributed by atoms with Crippen LogP contribution in [0.2, 0.25) is 10.0 Å². The molecule has 0 aliphatic carbocycles. The zero-order chi connectivity index (χ0) is 22.2. The maximum Gasteiger partial charge on any atom is 0.265 e. The van der Waals surface area contributed by atoms with Crippen molar-refractivity contribution in [3.8, 4) is 0 Å². The second-order valence-electron chi connectivity index (χ2n) is 6.93. The Kier molecular flexibility index (Phi) is 7.70. The second-order valence-corrected chi connectivity index (χ2v) is 9.45. The molecule has 0 fully saturated rings. The third-order valence-corrected chi connectivity index (χ3v) is 6.81. The number of rotatable bonds is 5. The number of amides is 1. The first kappa shape index (κ1) is 24.8. The number of fused-ring (bicyclic) bond motifs is 1. The maximum atomic E-state index is 12.7. The van der Waals surface area contributed by atoms with Gasteiger partial charge in [0.25, 0.3) is 15.9 Å². The van der Waals surface area contributed by atoms with Crippen molar-refractivity contribution < 1.29 is 13.2 Å². The van der Waals surface area contributed by atoms with Gasteiger partial charge < -0.3 is 4.57 Å². The molecule has 0 unspecified atom stereocenters. The Hall–Kier alpha value is -1.87. The maximum absolute atomic E-state index is 12.7. The Balaban J connectivity index is 0.00000289. The summed E-state index contributed by atoms with van der Waals surface area (Å²) in [6, 6.07) is 17.9. The fourth-order valence-corrected chi connectivity index (χ4v) is 4.53. The molecule has 4 rings (SSSR count). The molecule has 159 valence electrons. The molecule has 32 heavy (non-hydrogen) atoms. The summed E-state index contributed by atoms with van der Waals surface area (Å²) in [7, 11) is -4.03. The van der Waals surface area contributed by atoms with Crippen LogP contribution in [0.5, 0.6) is 0 Å². The van der Waals surface area contributed by atoms with Gasteiger partial charge in [0.1, 0.15) is 5.82 Å². The summed E-state index contributed by atoms with van der Waals surface area (Å²) >= 11 is 12.1. The Bertz CT molecular complexity index is 1400. The van der Waals surface area contributed by atoms with Gasteiger partial charge in [0.05, 0.1) is 22.5 Å². The Labute approximate surface area is 217 Å². The molecule has 10 heteroatoms. The van der Waals surface area contributed by atoms with Crippen LogP contribution >= 0.6 is 23.2 Å². The number of hydrogen-bond donors (Lipinski definition) is 1. The number of nitrogens with zero attached hydrogens (tertiary/aromatic N) is 2. The van der Waals surface area contributed by atoms with Crippen LogP contribution in [-0.4, -0.2) is 53.4 Å². The molecule has 0 atom stereocenters. The third-order valence-electron chi connectivity index (χ3n) is 4.84. The van der Waals surface area contributed by atoms with Crippen LogP contribution < -0.4 is 4.72 Å². The van der Waals surface area contributed by atoms with E-state index in [2.05, 4.69) is 9.71 Å². The number of imidazole rings is 1. The van der Waals surface area contributed by atoms with E-state index < -0.39 is 15.9 Å². The molecule has 0 bridgehead atoms. The molecule has 0 aliphatic heterocycles. The van der Waals surface area contributed by atoms with E-state index in [0.717, 1.165) is 11.4 Å². The Morgan fingerprint density at radius 3 is 2.41 bits per heavy atom. The summed E-state index contributed by atoms with van der Waals surface area (Å²) in [5.74, 6) is 0.0151. The quantitative estimate of drug-likeness (QED) is 0.414. The Morgan fingerprint density at radius 2 is 1.72 bits per heavy atom. The fraction of sp³-hybridized carbons (Fsp3) is 0.0909. The molecule has 3 aromatic carbocycles. The molecule has 0 spiro atoms. The standard InChI is InChI=1S/C22H17Cl2N3O3S.Na/c1-14-25-20-11-6-15(12-21(20)27(14)13-16-4-2-3-5-19(16)24)22(28)26-31(29,30)18-9-7-17(23)8-10-18;/h2-12H,13H2,1H3,(H,26,28);. The summed E-state index contributed by atoms with van der Waals surface area (Å²) in [5.41, 5.74) is 2.51. The van der Waals surface area contributed by atoms with Crippen molar-refractivity contribution in [2.75, 3.05) is 0 Å². The van der Waals surface area contributed by atoms with Crippen LogP contribution in [0.1, 0.15) is 21.7 Å². The minimum absolute atomic E-state index is 0. The van der Waals surface area contributed by atoms with Gasteiger partial charge in [-0.15, -0.1) is 0 Å². The first-order chi connectivity index (χ1) is 14.7. The van der Waals surface area contributed by atoms with Crippen molar-refractivity contribution in [1.29, 1.82) is 0 Å². The van der Waals surface area contributed by atoms with Crippen molar-refractivity contribution in [1.82, 2.24) is 14.3 Å². The largest absolute Gasteiger partial charge is 0.324 e. The number of carbonyl (C=O) groups excluding carboxylic acids is 1. The molecule has 4 aromatic rings. The van der Waals surface area contributed by atoms with Crippen molar-refractivity contribution in [3.63, 3.8) is 0 Å². The van der Waals surface area contributed by atoms with Gasteiger partial charge in [0.2, 0.25) is 0 Å². The van der Waals surface area contributed by atoms with Crippen molar-refractivity contribution in [2.45, 2.75) is 18.4 Å². The molecule has 0 saturated heterocycles. The van der Waals surface area contributed by atoms with Crippen LogP contribution in [0, 0.1) is 6.92 Å². The molecule has 1 amide bonds. The molecule has 1 radical (unpaired) electrons. The smallest absolute Gasteiger partial charge is 0.265 e. The number of benzene rings is 3. The van der Waals surface area contributed by atoms with Gasteiger partial charge in [-0.3, -0.25) is 4.79 Å². The van der Waals surface area contributed by atoms with Gasteiger partial charge in [-0.2, -0.15) is 0 Å². The molecule has 1 heterocycles. The summed E-state index contributed by atoms with van der Waals surface area (Å²) in [6.07, 6.45) is 0. The first-order valence-corrected chi connectivity index (χ1v) is 11.5. The van der Waals surface area contributed by atoms with E-state index in [1.54, 1.807) is 18.2 Å². The molecule has 6 nitrogen and oxygen atoms in total. The predicted octanol–water partition coefficient (Wildman–Crippen LogP) is 4.44. The molecule has 1 aromatic heterocycles. The van der Waals surface area contributed by atoms with E-state index in [1.807, 2.05) is 35.8 Å². The van der Waals surface area contributed by atoms with Crippen LogP contribution in [-0.2, 0) is 16.6 Å². The number of aromatic nitrogens is 2. The fourth-order valence-electron chi connectivity index (χ4n) is 3.23. The van der Waals surface area contributed by atoms with Gasteiger partial charge in [0.15, 0.2) is 0 Å². The van der Waals surface area contributed by atoms with Gasteiger partial charge in [0, 0.05) is 45.2 Å². The molecular weight excluding hydrogens is 480 g/mol. The topological polar surface area (TPSA) is 81.1 Å². The Morgan fingerprint density at radius 1 is 1.03 bits per heavy atom. The number of carbonyl (C=O) groups is 1. The van der Waals surface area contributed by atoms with Gasteiger partial charge >= 0.3 is 0 Å². The summed E-state index contributed by atoms with van der Waals surface area (Å²) in [4.78, 5) is 17.2. The van der Waals surface area contributed by atoms with Crippen molar-refractivity contribution >= 4 is 79.7 Å². The van der Waals surface area contributed by atoms with E-state index in [0.29, 0.717) is 27.6 Å². The average Bonchev–Trinajstić information content (AvgIpc) is 3.04. The number of aryl methyl sites for hydroxylation is 1. The van der Waals surface area contributed by atoms with Crippen LogP contribution in [0.25, 0.3) is 11.0 Å². The van der Waals surface area contributed by atoms with Gasteiger partial charge in [-0.25, -0.2) is 18.1 Å². The normalized spacial score (nSPS) is 11.2. The molecule has 1 N–H and O–H groups in total. The van der Waals surface area contributed by atoms with Gasteiger partial charge in [-0.1, -0.05) is 41.4 Å². The summed E-state index contributed by atoms with van der Waals surface area (Å²) < 4.78 is 29.1. The monoisotopic (exact) mass is 496 g/mol. The summed E-state index contributed by atoms with van der Waals surface area (Å²) in [6.45, 7) is 2.33. The molecule has 0 aliphatic rings. The zero-order valence-electron chi connectivity index (χ0n) is 17.3. The predicted molar refractivity (Wildman–Crippen MR) is 127 cm³/mol. The van der Waals surface area contributed by atoms with E-state index in [4.69, 9.17) is 23.2 Å². The van der Waals surface area contributed by atoms with E-state index in [1.165, 1.54) is 24.3 Å². The molecular formula is C22H17Cl2N3NaO3S. The third kappa shape index (κ3) is 5.20. The molecule has 0 saturated carbocycles. The average molecular weight is 497 g/mol. The zero-order valence-corrected chi connectivity index (χ0v) is 21.7. The van der Waals surface area contributed by atoms with Crippen LogP contribution in [0.3, 0.4) is 0 Å². The van der Waals surface area contributed by atoms with Crippen molar-refractivity contribution in [3.05, 3.63) is 93.7 Å². The number of sulfonamides is 1. The van der Waals surface area contributed by atoms with E-state index in [-0.39, 0.29) is 40.0 Å². The van der Waals surface area contributed by atoms with Crippen molar-refractivity contribution in [2.24, 2.45) is 0 Å². The number of halogens is 2. The van der Waals surface area contributed by atoms with E-state index >= 15 is 0 Å². The number of nitrogens with one attached hydrogen (secondary N) is 1. The first-order valence-electron chi connectivity index (χ1n) is 9.27. The van der Waals surface area contributed by atoms with Gasteiger partial charge in [-0.05, 0) is 61.0 Å².